The number of aliphatic hydroxyl groups is 1. The standard InChI is InChI=1S/C21H23FN8O12P2/c22-11-15-10(40-20(11)29-7-28-13-18(29)25-5-26-19(13)32)4-38-44(35,36)42-16-14(31)9(3-37-43(33,34)41-15)39-21(16)30-6-27-12-8(23)1-2-24-17(12)30/h1-2,5-7,9-11,14-16,20-21,31H,3-4H2,(H2,23,24)(H,33,34)(H,35,36)(H,25,26,32)/t9?,10?,11-,14-,15-,16-,20?,21?/m1/s1. The Morgan fingerprint density at radius 1 is 0.909 bits per heavy atom. The van der Waals surface area contributed by atoms with Gasteiger partial charge in [-0.25, -0.2) is 33.5 Å². The van der Waals surface area contributed by atoms with Crippen LogP contribution in [0.4, 0.5) is 10.1 Å². The first-order chi connectivity index (χ1) is 20.9. The van der Waals surface area contributed by atoms with Gasteiger partial charge in [0, 0.05) is 6.20 Å². The number of fused-ring (bicyclic) bond motifs is 5. The molecule has 0 amide bonds. The van der Waals surface area contributed by atoms with E-state index in [9.17, 15) is 28.8 Å². The zero-order valence-corrected chi connectivity index (χ0v) is 23.8. The molecule has 236 valence electrons. The summed E-state index contributed by atoms with van der Waals surface area (Å²) >= 11 is 0. The van der Waals surface area contributed by atoms with Gasteiger partial charge in [0.15, 0.2) is 35.4 Å². The van der Waals surface area contributed by atoms with Crippen LogP contribution in [0.5, 0.6) is 0 Å². The molecule has 23 heteroatoms. The molecule has 20 nitrogen and oxygen atoms in total. The van der Waals surface area contributed by atoms with Crippen LogP contribution in [0.15, 0.2) is 36.0 Å². The minimum Gasteiger partial charge on any atom is -0.397 e. The van der Waals surface area contributed by atoms with Crippen molar-refractivity contribution in [2.24, 2.45) is 0 Å². The molecule has 3 fully saturated rings. The van der Waals surface area contributed by atoms with E-state index in [-0.39, 0.29) is 28.0 Å². The summed E-state index contributed by atoms with van der Waals surface area (Å²) in [6.07, 6.45) is -8.75. The van der Waals surface area contributed by atoms with Gasteiger partial charge in [-0.2, -0.15) is 0 Å². The highest BCUT2D eigenvalue weighted by atomic mass is 31.2. The molecule has 4 aromatic heterocycles. The smallest absolute Gasteiger partial charge is 0.397 e. The van der Waals surface area contributed by atoms with E-state index in [1.54, 1.807) is 0 Å². The lowest BCUT2D eigenvalue weighted by molar-refractivity contribution is -0.0670. The number of ether oxygens (including phenoxy) is 2. The molecule has 6 unspecified atom stereocenters. The van der Waals surface area contributed by atoms with E-state index in [1.807, 2.05) is 0 Å². The number of H-pyrrole nitrogens is 1. The number of phosphoric ester groups is 2. The molecule has 6 N–H and O–H groups in total. The number of aromatic nitrogens is 7. The van der Waals surface area contributed by atoms with Crippen molar-refractivity contribution >= 4 is 43.7 Å². The average Bonchev–Trinajstić information content (AvgIpc) is 3.73. The van der Waals surface area contributed by atoms with Crippen LogP contribution in [-0.2, 0) is 36.7 Å². The SMILES string of the molecule is Nc1ccnc2c1ncn2C1OC2COP(=O)(O)O[C@@H]3C(COP(=O)(O)O[C@@H]1[C@@H]2O)OC(n1cnc2c(=O)[nH]cnc21)[C@@H]3F. The van der Waals surface area contributed by atoms with E-state index >= 15 is 4.39 Å². The van der Waals surface area contributed by atoms with Gasteiger partial charge in [-0.15, -0.1) is 0 Å². The first kappa shape index (κ1) is 29.5. The highest BCUT2D eigenvalue weighted by Crippen LogP contribution is 2.54. The molecule has 0 saturated carbocycles. The van der Waals surface area contributed by atoms with Crippen LogP contribution in [0.1, 0.15) is 12.5 Å². The molecular weight excluding hydrogens is 637 g/mol. The molecule has 0 aliphatic carbocycles. The highest BCUT2D eigenvalue weighted by molar-refractivity contribution is 7.47. The normalized spacial score (nSPS) is 38.3. The van der Waals surface area contributed by atoms with Crippen LogP contribution in [0, 0.1) is 0 Å². The number of hydrogen-bond donors (Lipinski definition) is 5. The predicted octanol–water partition coefficient (Wildman–Crippen LogP) is -0.342. The lowest BCUT2D eigenvalue weighted by Crippen LogP contribution is -2.35. The Hall–Kier alpha value is -3.20. The summed E-state index contributed by atoms with van der Waals surface area (Å²) in [5.41, 5.74) is 5.82. The van der Waals surface area contributed by atoms with E-state index < -0.39 is 83.6 Å². The third-order valence-electron chi connectivity index (χ3n) is 7.30. The quantitative estimate of drug-likeness (QED) is 0.172. The molecule has 7 rings (SSSR count). The second kappa shape index (κ2) is 10.7. The summed E-state index contributed by atoms with van der Waals surface area (Å²) in [5.74, 6) is 0. The molecular formula is C21H23FN8O12P2. The summed E-state index contributed by atoms with van der Waals surface area (Å²) in [6, 6.07) is 1.50. The zero-order chi connectivity index (χ0) is 31.0. The van der Waals surface area contributed by atoms with Crippen molar-refractivity contribution in [1.29, 1.82) is 0 Å². The van der Waals surface area contributed by atoms with E-state index in [4.69, 9.17) is 33.3 Å². The maximum Gasteiger partial charge on any atom is 0.472 e. The number of rotatable bonds is 2. The third-order valence-corrected chi connectivity index (χ3v) is 9.27. The number of nitrogens with one attached hydrogen (secondary N) is 1. The van der Waals surface area contributed by atoms with Crippen molar-refractivity contribution in [2.45, 2.75) is 49.1 Å². The Morgan fingerprint density at radius 3 is 2.27 bits per heavy atom. The fourth-order valence-electron chi connectivity index (χ4n) is 5.26. The summed E-state index contributed by atoms with van der Waals surface area (Å²) in [7, 11) is -10.2. The number of aliphatic hydroxyl groups excluding tert-OH is 1. The number of alkyl halides is 1. The Labute approximate surface area is 243 Å². The number of anilines is 1. The summed E-state index contributed by atoms with van der Waals surface area (Å²) in [6.45, 7) is -1.71. The number of hydrogen-bond acceptors (Lipinski definition) is 15. The van der Waals surface area contributed by atoms with Crippen LogP contribution in [0.25, 0.3) is 22.3 Å². The minimum atomic E-state index is -5.12. The second-order valence-corrected chi connectivity index (χ2v) is 12.8. The molecule has 3 aliphatic rings. The largest absolute Gasteiger partial charge is 0.472 e. The van der Waals surface area contributed by atoms with Gasteiger partial charge in [0.1, 0.15) is 36.0 Å². The predicted molar refractivity (Wildman–Crippen MR) is 140 cm³/mol. The van der Waals surface area contributed by atoms with Crippen LogP contribution < -0.4 is 11.3 Å². The molecule has 0 spiro atoms. The number of phosphoric acid groups is 2. The van der Waals surface area contributed by atoms with E-state index in [1.165, 1.54) is 23.2 Å². The van der Waals surface area contributed by atoms with Gasteiger partial charge in [0.05, 0.1) is 37.9 Å². The molecule has 3 saturated heterocycles. The summed E-state index contributed by atoms with van der Waals surface area (Å²) < 4.78 is 76.4. The monoisotopic (exact) mass is 660 g/mol. The summed E-state index contributed by atoms with van der Waals surface area (Å²) in [4.78, 5) is 51.8. The van der Waals surface area contributed by atoms with E-state index in [0.717, 1.165) is 17.2 Å². The minimum absolute atomic E-state index is 0.0762. The van der Waals surface area contributed by atoms with Crippen LogP contribution in [0.3, 0.4) is 0 Å². The Balaban J connectivity index is 1.20. The number of nitrogens with zero attached hydrogens (tertiary/aromatic N) is 6. The molecule has 44 heavy (non-hydrogen) atoms. The first-order valence-corrected chi connectivity index (χ1v) is 15.8. The molecule has 4 aromatic rings. The number of pyridine rings is 1. The van der Waals surface area contributed by atoms with Gasteiger partial charge in [0.25, 0.3) is 5.56 Å². The molecule has 3 aliphatic heterocycles. The van der Waals surface area contributed by atoms with Gasteiger partial charge >= 0.3 is 15.6 Å². The molecule has 7 heterocycles. The fraction of sp³-hybridized carbons (Fsp3) is 0.476. The van der Waals surface area contributed by atoms with E-state index in [2.05, 4.69) is 24.9 Å². The maximum atomic E-state index is 15.8. The van der Waals surface area contributed by atoms with Gasteiger partial charge in [-0.05, 0) is 6.07 Å². The van der Waals surface area contributed by atoms with Gasteiger partial charge in [0.2, 0.25) is 0 Å². The van der Waals surface area contributed by atoms with Crippen molar-refractivity contribution in [3.63, 3.8) is 0 Å². The topological polar surface area (TPSA) is 271 Å². The number of imidazole rings is 2. The fourth-order valence-corrected chi connectivity index (χ4v) is 7.15. The average molecular weight is 660 g/mol. The lowest BCUT2D eigenvalue weighted by atomic mass is 10.1. The van der Waals surface area contributed by atoms with Gasteiger partial charge in [-0.3, -0.25) is 32.0 Å². The first-order valence-electron chi connectivity index (χ1n) is 12.8. The Bertz CT molecular complexity index is 1890. The van der Waals surface area contributed by atoms with Gasteiger partial charge in [-0.1, -0.05) is 0 Å². The number of halogens is 1. The Kier molecular flexibility index (Phi) is 7.18. The molecule has 2 bridgehead atoms. The van der Waals surface area contributed by atoms with Crippen molar-refractivity contribution < 1.29 is 56.0 Å². The summed E-state index contributed by atoms with van der Waals surface area (Å²) in [5, 5.41) is 11.0. The number of nitrogen functional groups attached to an aromatic ring is 1. The second-order valence-electron chi connectivity index (χ2n) is 10.0. The number of aromatic amines is 1. The van der Waals surface area contributed by atoms with Crippen molar-refractivity contribution in [3.8, 4) is 0 Å². The maximum absolute atomic E-state index is 15.8. The van der Waals surface area contributed by atoms with Crippen molar-refractivity contribution in [1.82, 2.24) is 34.1 Å². The van der Waals surface area contributed by atoms with Crippen LogP contribution in [-0.4, -0.2) is 98.9 Å². The molecule has 0 radical (unpaired) electrons. The molecule has 10 atom stereocenters. The van der Waals surface area contributed by atoms with Crippen molar-refractivity contribution in [3.05, 3.63) is 41.6 Å². The van der Waals surface area contributed by atoms with E-state index in [0.29, 0.717) is 0 Å². The lowest BCUT2D eigenvalue weighted by Gasteiger charge is -2.25. The molecule has 0 aromatic carbocycles. The van der Waals surface area contributed by atoms with Crippen molar-refractivity contribution in [2.75, 3.05) is 18.9 Å². The van der Waals surface area contributed by atoms with Crippen LogP contribution in [0.2, 0.25) is 0 Å². The number of nitrogens with two attached hydrogens (primary N) is 1. The van der Waals surface area contributed by atoms with Crippen LogP contribution >= 0.6 is 15.6 Å². The third kappa shape index (κ3) is 5.05. The zero-order valence-electron chi connectivity index (χ0n) is 22.0. The Morgan fingerprint density at radius 2 is 1.52 bits per heavy atom. The van der Waals surface area contributed by atoms with Gasteiger partial charge < -0.3 is 35.1 Å². The highest BCUT2D eigenvalue weighted by Gasteiger charge is 2.54.